The van der Waals surface area contributed by atoms with E-state index in [9.17, 15) is 4.79 Å². The first kappa shape index (κ1) is 16.6. The van der Waals surface area contributed by atoms with Crippen molar-refractivity contribution in [2.45, 2.75) is 26.4 Å². The van der Waals surface area contributed by atoms with Gasteiger partial charge in [0, 0.05) is 0 Å². The number of hydrogen-bond donors (Lipinski definition) is 1. The SMILES string of the molecule is CCCOC(=O)c1ccc([C@@H]2N=c3cc(C)c(N)c(Br)c3=N2)cc1. The second-order valence-corrected chi connectivity index (χ2v) is 6.47. The maximum atomic E-state index is 11.8. The number of nitrogen functional groups attached to an aromatic ring is 1. The number of esters is 1. The number of ether oxygens (including phenoxy) is 1. The van der Waals surface area contributed by atoms with Gasteiger partial charge in [0.25, 0.3) is 0 Å². The fourth-order valence-corrected chi connectivity index (χ4v) is 3.11. The van der Waals surface area contributed by atoms with Crippen LogP contribution in [0, 0.1) is 6.92 Å². The Morgan fingerprint density at radius 1 is 1.29 bits per heavy atom. The summed E-state index contributed by atoms with van der Waals surface area (Å²) in [6, 6.07) is 9.15. The highest BCUT2D eigenvalue weighted by atomic mass is 79.9. The Balaban J connectivity index is 1.88. The van der Waals surface area contributed by atoms with Gasteiger partial charge in [-0.2, -0.15) is 0 Å². The fraction of sp³-hybridized carbons (Fsp3) is 0.278. The van der Waals surface area contributed by atoms with Crippen LogP contribution in [0.5, 0.6) is 0 Å². The Morgan fingerprint density at radius 3 is 2.67 bits per heavy atom. The monoisotopic (exact) mass is 387 g/mol. The number of nitrogens with two attached hydrogens (primary N) is 1. The zero-order chi connectivity index (χ0) is 17.3. The van der Waals surface area contributed by atoms with Crippen molar-refractivity contribution in [3.05, 3.63) is 62.2 Å². The number of rotatable bonds is 4. The van der Waals surface area contributed by atoms with E-state index in [1.54, 1.807) is 12.1 Å². The van der Waals surface area contributed by atoms with Crippen molar-refractivity contribution in [1.82, 2.24) is 0 Å². The van der Waals surface area contributed by atoms with Gasteiger partial charge < -0.3 is 10.5 Å². The third-order valence-electron chi connectivity index (χ3n) is 3.86. The van der Waals surface area contributed by atoms with Crippen LogP contribution < -0.4 is 16.4 Å². The van der Waals surface area contributed by atoms with E-state index in [0.717, 1.165) is 32.7 Å². The summed E-state index contributed by atoms with van der Waals surface area (Å²) in [5.41, 5.74) is 9.13. The summed E-state index contributed by atoms with van der Waals surface area (Å²) in [5, 5.41) is 1.60. The zero-order valence-electron chi connectivity index (χ0n) is 13.5. The van der Waals surface area contributed by atoms with E-state index < -0.39 is 0 Å². The number of fused-ring (bicyclic) bond motifs is 1. The molecular weight excluding hydrogens is 370 g/mol. The average molecular weight is 388 g/mol. The molecule has 1 atom stereocenters. The summed E-state index contributed by atoms with van der Waals surface area (Å²) in [6.07, 6.45) is 0.484. The molecule has 0 aliphatic carbocycles. The molecule has 0 amide bonds. The largest absolute Gasteiger partial charge is 0.462 e. The topological polar surface area (TPSA) is 77.0 Å². The molecule has 0 spiro atoms. The van der Waals surface area contributed by atoms with Crippen molar-refractivity contribution in [3.63, 3.8) is 0 Å². The van der Waals surface area contributed by atoms with Crippen LogP contribution in [-0.2, 0) is 4.74 Å². The standard InChI is InChI=1S/C18H18BrN3O2/c1-3-8-24-18(23)12-6-4-11(5-7-12)17-21-13-9-10(2)15(20)14(19)16(13)22-17/h4-7,9,17H,3,8,20H2,1-2H3/t17-/m1/s1. The van der Waals surface area contributed by atoms with Crippen LogP contribution in [0.4, 0.5) is 5.69 Å². The minimum Gasteiger partial charge on any atom is -0.462 e. The lowest BCUT2D eigenvalue weighted by Crippen LogP contribution is -2.24. The van der Waals surface area contributed by atoms with Gasteiger partial charge in [0.1, 0.15) is 5.36 Å². The van der Waals surface area contributed by atoms with Crippen molar-refractivity contribution in [2.75, 3.05) is 12.3 Å². The molecule has 0 saturated carbocycles. The first-order valence-electron chi connectivity index (χ1n) is 7.78. The maximum absolute atomic E-state index is 11.8. The van der Waals surface area contributed by atoms with Gasteiger partial charge in [-0.15, -0.1) is 0 Å². The number of anilines is 1. The Bertz CT molecular complexity index is 907. The van der Waals surface area contributed by atoms with E-state index in [1.165, 1.54) is 0 Å². The molecule has 1 heterocycles. The molecule has 0 saturated heterocycles. The lowest BCUT2D eigenvalue weighted by Gasteiger charge is -2.06. The van der Waals surface area contributed by atoms with Gasteiger partial charge in [-0.1, -0.05) is 19.1 Å². The van der Waals surface area contributed by atoms with Crippen molar-refractivity contribution >= 4 is 27.6 Å². The van der Waals surface area contributed by atoms with Crippen LogP contribution >= 0.6 is 15.9 Å². The average Bonchev–Trinajstić information content (AvgIpc) is 3.02. The molecular formula is C18H18BrN3O2. The number of aryl methyl sites for hydroxylation is 1. The lowest BCUT2D eigenvalue weighted by molar-refractivity contribution is 0.0505. The quantitative estimate of drug-likeness (QED) is 0.646. The Labute approximate surface area is 148 Å². The molecule has 0 unspecified atom stereocenters. The van der Waals surface area contributed by atoms with Gasteiger partial charge >= 0.3 is 5.97 Å². The molecule has 0 fully saturated rings. The molecule has 2 aromatic rings. The van der Waals surface area contributed by atoms with Gasteiger partial charge in [-0.3, -0.25) is 9.98 Å². The number of halogens is 1. The molecule has 5 nitrogen and oxygen atoms in total. The summed E-state index contributed by atoms with van der Waals surface area (Å²) in [4.78, 5) is 21.1. The van der Waals surface area contributed by atoms with E-state index in [-0.39, 0.29) is 12.1 Å². The summed E-state index contributed by atoms with van der Waals surface area (Å²) >= 11 is 3.50. The molecule has 6 heteroatoms. The molecule has 2 aromatic carbocycles. The molecule has 2 N–H and O–H groups in total. The van der Waals surface area contributed by atoms with Crippen LogP contribution in [0.3, 0.4) is 0 Å². The van der Waals surface area contributed by atoms with Gasteiger partial charge in [-0.05, 0) is 58.6 Å². The van der Waals surface area contributed by atoms with E-state index in [1.807, 2.05) is 32.0 Å². The number of hydrogen-bond acceptors (Lipinski definition) is 5. The van der Waals surface area contributed by atoms with Gasteiger partial charge in [0.2, 0.25) is 0 Å². The number of nitrogens with zero attached hydrogens (tertiary/aromatic N) is 2. The second-order valence-electron chi connectivity index (χ2n) is 5.68. The van der Waals surface area contributed by atoms with Crippen molar-refractivity contribution < 1.29 is 9.53 Å². The van der Waals surface area contributed by atoms with Crippen LogP contribution in [0.25, 0.3) is 0 Å². The predicted molar refractivity (Wildman–Crippen MR) is 95.4 cm³/mol. The summed E-state index contributed by atoms with van der Waals surface area (Å²) in [6.45, 7) is 4.33. The van der Waals surface area contributed by atoms with Gasteiger partial charge in [0.15, 0.2) is 6.17 Å². The van der Waals surface area contributed by atoms with Crippen LogP contribution in [-0.4, -0.2) is 12.6 Å². The first-order valence-corrected chi connectivity index (χ1v) is 8.58. The Morgan fingerprint density at radius 2 is 2.00 bits per heavy atom. The van der Waals surface area contributed by atoms with Crippen LogP contribution in [0.1, 0.15) is 41.0 Å². The number of carbonyl (C=O) groups excluding carboxylic acids is 1. The van der Waals surface area contributed by atoms with Crippen molar-refractivity contribution in [2.24, 2.45) is 9.98 Å². The molecule has 0 radical (unpaired) electrons. The lowest BCUT2D eigenvalue weighted by atomic mass is 10.1. The third-order valence-corrected chi connectivity index (χ3v) is 4.66. The fourth-order valence-electron chi connectivity index (χ4n) is 2.49. The highest BCUT2D eigenvalue weighted by Crippen LogP contribution is 2.23. The Hall–Kier alpha value is -2.21. The molecule has 0 aromatic heterocycles. The van der Waals surface area contributed by atoms with Gasteiger partial charge in [0.05, 0.1) is 27.7 Å². The normalized spacial score (nSPS) is 15.4. The smallest absolute Gasteiger partial charge is 0.338 e. The zero-order valence-corrected chi connectivity index (χ0v) is 15.1. The van der Waals surface area contributed by atoms with Crippen molar-refractivity contribution in [3.8, 4) is 0 Å². The number of carbonyl (C=O) groups is 1. The van der Waals surface area contributed by atoms with Crippen molar-refractivity contribution in [1.29, 1.82) is 0 Å². The van der Waals surface area contributed by atoms with Gasteiger partial charge in [-0.25, -0.2) is 4.79 Å². The van der Waals surface area contributed by atoms with E-state index >= 15 is 0 Å². The van der Waals surface area contributed by atoms with E-state index in [0.29, 0.717) is 17.9 Å². The minimum absolute atomic E-state index is 0.307. The summed E-state index contributed by atoms with van der Waals surface area (Å²) in [5.74, 6) is -0.307. The molecule has 0 bridgehead atoms. The number of benzene rings is 2. The minimum atomic E-state index is -0.321. The molecule has 1 aliphatic rings. The highest BCUT2D eigenvalue weighted by Gasteiger charge is 2.17. The van der Waals surface area contributed by atoms with Crippen LogP contribution in [0.15, 0.2) is 44.8 Å². The predicted octanol–water partition coefficient (Wildman–Crippen LogP) is 2.86. The summed E-state index contributed by atoms with van der Waals surface area (Å²) in [7, 11) is 0. The van der Waals surface area contributed by atoms with Crippen LogP contribution in [0.2, 0.25) is 0 Å². The molecule has 124 valence electrons. The summed E-state index contributed by atoms with van der Waals surface area (Å²) < 4.78 is 5.91. The molecule has 3 rings (SSSR count). The maximum Gasteiger partial charge on any atom is 0.338 e. The Kier molecular flexibility index (Phi) is 4.66. The first-order chi connectivity index (χ1) is 11.5. The molecule has 1 aliphatic heterocycles. The highest BCUT2D eigenvalue weighted by molar-refractivity contribution is 9.10. The van der Waals surface area contributed by atoms with E-state index in [4.69, 9.17) is 10.5 Å². The third kappa shape index (κ3) is 3.06. The second kappa shape index (κ2) is 6.73. The van der Waals surface area contributed by atoms with E-state index in [2.05, 4.69) is 25.9 Å². The molecule has 24 heavy (non-hydrogen) atoms.